The maximum absolute atomic E-state index is 9.53. The van der Waals surface area contributed by atoms with Crippen LogP contribution in [0.3, 0.4) is 0 Å². The smallest absolute Gasteiger partial charge is 0.0632 e. The van der Waals surface area contributed by atoms with Crippen LogP contribution in [-0.4, -0.2) is 0 Å². The summed E-state index contributed by atoms with van der Waals surface area (Å²) in [5, 5.41) is 0. The summed E-state index contributed by atoms with van der Waals surface area (Å²) in [6, 6.07) is 23.4. The molecule has 0 radical (unpaired) electrons. The highest BCUT2D eigenvalue weighted by molar-refractivity contribution is 9.10. The average molecular weight is 620 g/mol. The third kappa shape index (κ3) is 4.19. The molecule has 4 aromatic carbocycles. The van der Waals surface area contributed by atoms with E-state index in [2.05, 4.69) is 121 Å². The fraction of sp³-hybridized carbons (Fsp3) is 0.294. The minimum atomic E-state index is -0.343. The van der Waals surface area contributed by atoms with Crippen molar-refractivity contribution in [2.75, 3.05) is 4.90 Å². The van der Waals surface area contributed by atoms with E-state index in [1.165, 1.54) is 0 Å². The molecular weight excluding hydrogens is 582 g/mol. The monoisotopic (exact) mass is 618 g/mol. The van der Waals surface area contributed by atoms with Gasteiger partial charge in [-0.25, -0.2) is 0 Å². The van der Waals surface area contributed by atoms with Crippen molar-refractivity contribution in [2.45, 2.75) is 59.3 Å². The number of halogens is 2. The van der Waals surface area contributed by atoms with Gasteiger partial charge in [0.2, 0.25) is 0 Å². The van der Waals surface area contributed by atoms with Crippen LogP contribution in [0, 0.1) is 12.3 Å². The number of rotatable bonds is 4. The van der Waals surface area contributed by atoms with Crippen LogP contribution in [0.15, 0.2) is 93.8 Å². The molecule has 1 nitrogen and oxygen atoms in total. The number of nitrogens with zero attached hydrogens (tertiary/aromatic N) is 1. The van der Waals surface area contributed by atoms with Gasteiger partial charge in [0, 0.05) is 26.0 Å². The van der Waals surface area contributed by atoms with E-state index in [1.807, 2.05) is 31.2 Å². The molecule has 0 bridgehead atoms. The number of hydrogen-bond donors (Lipinski definition) is 0. The summed E-state index contributed by atoms with van der Waals surface area (Å²) in [6.07, 6.45) is 0. The molecule has 0 heterocycles. The fourth-order valence-electron chi connectivity index (χ4n) is 5.53. The van der Waals surface area contributed by atoms with Crippen LogP contribution >= 0.6 is 31.9 Å². The van der Waals surface area contributed by atoms with E-state index < -0.39 is 0 Å². The molecule has 5 rings (SSSR count). The first kappa shape index (κ1) is 22.6. The molecular formula is C34H35Br2N. The van der Waals surface area contributed by atoms with Crippen molar-refractivity contribution < 1.29 is 4.11 Å². The Morgan fingerprint density at radius 1 is 0.649 bits per heavy atom. The van der Waals surface area contributed by atoms with Gasteiger partial charge in [-0.1, -0.05) is 97.6 Å². The maximum atomic E-state index is 9.53. The van der Waals surface area contributed by atoms with E-state index in [0.717, 1.165) is 48.3 Å². The molecule has 0 amide bonds. The number of fused-ring (bicyclic) bond motifs is 1. The first-order chi connectivity index (χ1) is 18.6. The van der Waals surface area contributed by atoms with E-state index >= 15 is 0 Å². The summed E-state index contributed by atoms with van der Waals surface area (Å²) in [4.78, 5) is 2.18. The summed E-state index contributed by atoms with van der Waals surface area (Å²) >= 11 is 7.11. The Hall–Kier alpha value is -2.36. The topological polar surface area (TPSA) is 3.24 Å². The maximum Gasteiger partial charge on any atom is 0.0632 e. The van der Waals surface area contributed by atoms with Gasteiger partial charge in [-0.15, -0.1) is 0 Å². The SMILES string of the molecule is [2H]c1c([2H])c2c(c([2H])c1-c1cc(N(c3ccc(Br)cc3)c3ccc(Br)cc3)ccc1C)C(C)(C)C(C)(C)C2(C)C. The Morgan fingerprint density at radius 3 is 1.68 bits per heavy atom. The lowest BCUT2D eigenvalue weighted by atomic mass is 9.59. The Balaban J connectivity index is 1.78. The molecule has 0 saturated carbocycles. The van der Waals surface area contributed by atoms with Crippen LogP contribution in [0.25, 0.3) is 11.1 Å². The number of benzene rings is 4. The molecule has 0 saturated heterocycles. The third-order valence-corrected chi connectivity index (χ3v) is 10.2. The van der Waals surface area contributed by atoms with Gasteiger partial charge < -0.3 is 4.90 Å². The highest BCUT2D eigenvalue weighted by Crippen LogP contribution is 2.61. The second kappa shape index (κ2) is 9.13. The second-order valence-electron chi connectivity index (χ2n) is 11.7. The zero-order valence-electron chi connectivity index (χ0n) is 25.6. The molecule has 0 N–H and O–H groups in total. The van der Waals surface area contributed by atoms with E-state index in [4.69, 9.17) is 0 Å². The van der Waals surface area contributed by atoms with Crippen LogP contribution in [0.4, 0.5) is 17.1 Å². The van der Waals surface area contributed by atoms with Crippen molar-refractivity contribution in [1.82, 2.24) is 0 Å². The zero-order chi connectivity index (χ0) is 29.4. The van der Waals surface area contributed by atoms with Crippen molar-refractivity contribution >= 4 is 48.9 Å². The molecule has 190 valence electrons. The number of hydrogen-bond acceptors (Lipinski definition) is 1. The van der Waals surface area contributed by atoms with Gasteiger partial charge in [-0.05, 0) is 112 Å². The standard InChI is InChI=1S/C34H35Br2N/c1-22-8-14-28(37(26-15-10-24(35)11-16-26)27-17-12-25(36)13-18-27)21-29(22)23-9-19-30-31(20-23)33(4,5)34(6,7)32(30,2)3/h8-21H,1-7H3/i9D,19D,20D. The molecule has 3 heteroatoms. The van der Waals surface area contributed by atoms with Gasteiger partial charge in [0.05, 0.1) is 4.11 Å². The highest BCUT2D eigenvalue weighted by Gasteiger charge is 2.56. The van der Waals surface area contributed by atoms with Crippen molar-refractivity contribution in [3.8, 4) is 11.1 Å². The summed E-state index contributed by atoms with van der Waals surface area (Å²) < 4.78 is 29.9. The molecule has 4 aromatic rings. The Morgan fingerprint density at radius 2 is 1.14 bits per heavy atom. The average Bonchev–Trinajstić information content (AvgIpc) is 3.00. The first-order valence-electron chi connectivity index (χ1n) is 14.2. The van der Waals surface area contributed by atoms with Gasteiger partial charge in [0.1, 0.15) is 0 Å². The molecule has 0 atom stereocenters. The number of aryl methyl sites for hydroxylation is 1. The molecule has 37 heavy (non-hydrogen) atoms. The summed E-state index contributed by atoms with van der Waals surface area (Å²) in [6.45, 7) is 15.2. The first-order valence-corrected chi connectivity index (χ1v) is 14.3. The lowest BCUT2D eigenvalue weighted by molar-refractivity contribution is 0.125. The highest BCUT2D eigenvalue weighted by atomic mass is 79.9. The molecule has 0 aromatic heterocycles. The molecule has 0 unspecified atom stereocenters. The molecule has 1 aliphatic carbocycles. The minimum Gasteiger partial charge on any atom is -0.310 e. The van der Waals surface area contributed by atoms with Gasteiger partial charge in [-0.2, -0.15) is 0 Å². The molecule has 0 fully saturated rings. The molecule has 0 spiro atoms. The largest absolute Gasteiger partial charge is 0.310 e. The summed E-state index contributed by atoms with van der Waals surface area (Å²) in [5.41, 5.74) is 6.13. The predicted octanol–water partition coefficient (Wildman–Crippen LogP) is 11.3. The predicted molar refractivity (Wildman–Crippen MR) is 167 cm³/mol. The Bertz CT molecular complexity index is 1580. The van der Waals surface area contributed by atoms with Crippen molar-refractivity contribution in [2.24, 2.45) is 5.41 Å². The third-order valence-electron chi connectivity index (χ3n) is 9.11. The lowest BCUT2D eigenvalue weighted by Gasteiger charge is -2.44. The molecule has 1 aliphatic rings. The lowest BCUT2D eigenvalue weighted by Crippen LogP contribution is -2.42. The van der Waals surface area contributed by atoms with Crippen molar-refractivity contribution in [1.29, 1.82) is 0 Å². The van der Waals surface area contributed by atoms with E-state index in [0.29, 0.717) is 11.6 Å². The van der Waals surface area contributed by atoms with Crippen molar-refractivity contribution in [3.05, 3.63) is 110 Å². The van der Waals surface area contributed by atoms with E-state index in [-0.39, 0.29) is 28.3 Å². The summed E-state index contributed by atoms with van der Waals surface area (Å²) in [5.74, 6) is 0. The number of anilines is 3. The second-order valence-corrected chi connectivity index (χ2v) is 13.5. The van der Waals surface area contributed by atoms with Crippen LogP contribution in [0.2, 0.25) is 0 Å². The van der Waals surface area contributed by atoms with Crippen LogP contribution in [0.5, 0.6) is 0 Å². The zero-order valence-corrected chi connectivity index (χ0v) is 25.7. The van der Waals surface area contributed by atoms with Gasteiger partial charge in [0.15, 0.2) is 0 Å². The van der Waals surface area contributed by atoms with Gasteiger partial charge in [-0.3, -0.25) is 0 Å². The van der Waals surface area contributed by atoms with E-state index in [9.17, 15) is 4.11 Å². The van der Waals surface area contributed by atoms with Crippen molar-refractivity contribution in [3.63, 3.8) is 0 Å². The normalized spacial score (nSPS) is 18.0. The minimum absolute atomic E-state index is 0.129. The molecule has 0 aliphatic heterocycles. The fourth-order valence-corrected chi connectivity index (χ4v) is 6.06. The van der Waals surface area contributed by atoms with Crippen LogP contribution in [0.1, 0.15) is 62.3 Å². The van der Waals surface area contributed by atoms with E-state index in [1.54, 1.807) is 0 Å². The Kier molecular flexibility index (Phi) is 5.58. The Labute approximate surface area is 243 Å². The van der Waals surface area contributed by atoms with Crippen LogP contribution < -0.4 is 4.90 Å². The van der Waals surface area contributed by atoms with Crippen LogP contribution in [-0.2, 0) is 10.8 Å². The quantitative estimate of drug-likeness (QED) is 0.219. The summed E-state index contributed by atoms with van der Waals surface area (Å²) in [7, 11) is 0. The van der Waals surface area contributed by atoms with Gasteiger partial charge >= 0.3 is 0 Å². The van der Waals surface area contributed by atoms with Gasteiger partial charge in [0.25, 0.3) is 0 Å².